The van der Waals surface area contributed by atoms with E-state index >= 15 is 0 Å². The highest BCUT2D eigenvalue weighted by molar-refractivity contribution is 7.14. The summed E-state index contributed by atoms with van der Waals surface area (Å²) in [5.74, 6) is 0.829. The van der Waals surface area contributed by atoms with Crippen molar-refractivity contribution in [3.8, 4) is 28.8 Å². The fourth-order valence-electron chi connectivity index (χ4n) is 3.48. The second-order valence-corrected chi connectivity index (χ2v) is 8.06. The first kappa shape index (κ1) is 23.1. The molecule has 3 aromatic rings. The van der Waals surface area contributed by atoms with Crippen LogP contribution in [0.25, 0.3) is 17.3 Å². The topological polar surface area (TPSA) is 89.2 Å². The van der Waals surface area contributed by atoms with Gasteiger partial charge in [0.25, 0.3) is 5.91 Å². The van der Waals surface area contributed by atoms with Crippen molar-refractivity contribution in [2.45, 2.75) is 33.7 Å². The number of nitrogens with zero attached hydrogens (tertiary/aromatic N) is 3. The van der Waals surface area contributed by atoms with Crippen LogP contribution < -0.4 is 14.8 Å². The van der Waals surface area contributed by atoms with E-state index in [0.717, 1.165) is 35.5 Å². The molecule has 0 aliphatic rings. The van der Waals surface area contributed by atoms with Crippen molar-refractivity contribution < 1.29 is 14.3 Å². The molecule has 7 nitrogen and oxygen atoms in total. The van der Waals surface area contributed by atoms with Gasteiger partial charge in [0.2, 0.25) is 0 Å². The van der Waals surface area contributed by atoms with Gasteiger partial charge in [-0.25, -0.2) is 4.98 Å². The monoisotopic (exact) mass is 450 g/mol. The fourth-order valence-corrected chi connectivity index (χ4v) is 4.18. The van der Waals surface area contributed by atoms with Crippen LogP contribution in [0.3, 0.4) is 0 Å². The van der Waals surface area contributed by atoms with Gasteiger partial charge < -0.3 is 14.0 Å². The molecule has 8 heteroatoms. The van der Waals surface area contributed by atoms with Gasteiger partial charge in [-0.15, -0.1) is 11.3 Å². The summed E-state index contributed by atoms with van der Waals surface area (Å²) < 4.78 is 12.9. The number of carbonyl (C=O) groups excluding carboxylic acids is 1. The van der Waals surface area contributed by atoms with Crippen LogP contribution in [0.1, 0.15) is 30.3 Å². The maximum atomic E-state index is 12.8. The fraction of sp³-hybridized carbons (Fsp3) is 0.292. The second kappa shape index (κ2) is 10.2. The first-order valence-corrected chi connectivity index (χ1v) is 11.1. The normalized spacial score (nSPS) is 11.2. The number of hydrogen-bond acceptors (Lipinski definition) is 6. The van der Waals surface area contributed by atoms with Gasteiger partial charge in [-0.2, -0.15) is 5.26 Å². The molecule has 2 heterocycles. The summed E-state index contributed by atoms with van der Waals surface area (Å²) in [6, 6.07) is 9.44. The Morgan fingerprint density at radius 3 is 2.72 bits per heavy atom. The van der Waals surface area contributed by atoms with E-state index < -0.39 is 5.91 Å². The van der Waals surface area contributed by atoms with Gasteiger partial charge in [-0.05, 0) is 56.2 Å². The third kappa shape index (κ3) is 4.84. The van der Waals surface area contributed by atoms with Crippen molar-refractivity contribution in [2.24, 2.45) is 0 Å². The molecule has 0 bridgehead atoms. The number of carbonyl (C=O) groups is 1. The molecule has 2 aromatic heterocycles. The van der Waals surface area contributed by atoms with E-state index in [9.17, 15) is 10.1 Å². The summed E-state index contributed by atoms with van der Waals surface area (Å²) in [6.07, 6.45) is 2.64. The Balaban J connectivity index is 1.84. The molecule has 0 atom stereocenters. The molecule has 0 spiro atoms. The van der Waals surface area contributed by atoms with E-state index in [0.29, 0.717) is 22.3 Å². The lowest BCUT2D eigenvalue weighted by Crippen LogP contribution is -2.13. The lowest BCUT2D eigenvalue weighted by molar-refractivity contribution is -0.112. The lowest BCUT2D eigenvalue weighted by atomic mass is 10.1. The van der Waals surface area contributed by atoms with Gasteiger partial charge in [0.15, 0.2) is 5.13 Å². The van der Waals surface area contributed by atoms with Gasteiger partial charge in [-0.3, -0.25) is 10.1 Å². The highest BCUT2D eigenvalue weighted by Gasteiger charge is 2.16. The number of rotatable bonds is 8. The van der Waals surface area contributed by atoms with Crippen molar-refractivity contribution >= 4 is 28.5 Å². The Hall–Kier alpha value is -3.57. The minimum absolute atomic E-state index is 0.0254. The first-order chi connectivity index (χ1) is 15.4. The molecule has 0 saturated heterocycles. The predicted octanol–water partition coefficient (Wildman–Crippen LogP) is 5.20. The van der Waals surface area contributed by atoms with Crippen molar-refractivity contribution in [3.05, 3.63) is 52.2 Å². The largest absolute Gasteiger partial charge is 0.497 e. The molecule has 3 rings (SSSR count). The summed E-state index contributed by atoms with van der Waals surface area (Å²) in [6.45, 7) is 7.03. The SMILES string of the molecule is CCCn1c(C)cc(/C=C(\C#N)C(=O)Nc2nc(-c3cc(OC)ccc3OC)cs2)c1C. The third-order valence-corrected chi connectivity index (χ3v) is 5.89. The number of hydrogen-bond donors (Lipinski definition) is 1. The summed E-state index contributed by atoms with van der Waals surface area (Å²) in [5, 5.41) is 14.5. The number of methoxy groups -OCH3 is 2. The number of aryl methyl sites for hydroxylation is 1. The first-order valence-electron chi connectivity index (χ1n) is 10.2. The summed E-state index contributed by atoms with van der Waals surface area (Å²) in [5.41, 5.74) is 4.42. The highest BCUT2D eigenvalue weighted by Crippen LogP contribution is 2.35. The zero-order chi connectivity index (χ0) is 23.3. The van der Waals surface area contributed by atoms with Gasteiger partial charge >= 0.3 is 0 Å². The zero-order valence-corrected chi connectivity index (χ0v) is 19.7. The Morgan fingerprint density at radius 1 is 1.28 bits per heavy atom. The average Bonchev–Trinajstić information content (AvgIpc) is 3.36. The number of thiazole rings is 1. The van der Waals surface area contributed by atoms with Crippen LogP contribution in [-0.2, 0) is 11.3 Å². The Labute approximate surface area is 191 Å². The lowest BCUT2D eigenvalue weighted by Gasteiger charge is -2.08. The smallest absolute Gasteiger partial charge is 0.268 e. The molecule has 0 unspecified atom stereocenters. The minimum atomic E-state index is -0.494. The summed E-state index contributed by atoms with van der Waals surface area (Å²) in [4.78, 5) is 17.3. The number of amides is 1. The molecule has 166 valence electrons. The standard InChI is InChI=1S/C24H26N4O3S/c1-6-9-28-15(2)10-17(16(28)3)11-18(13-25)23(29)27-24-26-21(14-32-24)20-12-19(30-4)7-8-22(20)31-5/h7-8,10-12,14H,6,9H2,1-5H3,(H,26,27,29)/b18-11+. The van der Waals surface area contributed by atoms with Gasteiger partial charge in [0.1, 0.15) is 23.1 Å². The highest BCUT2D eigenvalue weighted by atomic mass is 32.1. The van der Waals surface area contributed by atoms with Gasteiger partial charge in [0.05, 0.1) is 19.9 Å². The van der Waals surface area contributed by atoms with Crippen LogP contribution >= 0.6 is 11.3 Å². The van der Waals surface area contributed by atoms with Crippen molar-refractivity contribution in [1.29, 1.82) is 5.26 Å². The molecule has 0 saturated carbocycles. The van der Waals surface area contributed by atoms with Crippen LogP contribution in [-0.4, -0.2) is 29.7 Å². The number of nitriles is 1. The molecule has 0 radical (unpaired) electrons. The van der Waals surface area contributed by atoms with Crippen LogP contribution in [0.15, 0.2) is 35.2 Å². The molecular weight excluding hydrogens is 424 g/mol. The number of anilines is 1. The molecular formula is C24H26N4O3S. The molecule has 0 aliphatic heterocycles. The quantitative estimate of drug-likeness (QED) is 0.376. The predicted molar refractivity (Wildman–Crippen MR) is 127 cm³/mol. The van der Waals surface area contributed by atoms with E-state index in [1.807, 2.05) is 37.4 Å². The van der Waals surface area contributed by atoms with E-state index in [2.05, 4.69) is 21.8 Å². The Morgan fingerprint density at radius 2 is 2.06 bits per heavy atom. The Bertz CT molecular complexity index is 1200. The molecule has 1 amide bonds. The maximum Gasteiger partial charge on any atom is 0.268 e. The molecule has 32 heavy (non-hydrogen) atoms. The summed E-state index contributed by atoms with van der Waals surface area (Å²) >= 11 is 1.28. The number of nitrogens with one attached hydrogen (secondary N) is 1. The molecule has 1 N–H and O–H groups in total. The van der Waals surface area contributed by atoms with Crippen molar-refractivity contribution in [3.63, 3.8) is 0 Å². The Kier molecular flexibility index (Phi) is 7.33. The second-order valence-electron chi connectivity index (χ2n) is 7.21. The van der Waals surface area contributed by atoms with E-state index in [1.165, 1.54) is 11.3 Å². The van der Waals surface area contributed by atoms with Crippen molar-refractivity contribution in [1.82, 2.24) is 9.55 Å². The van der Waals surface area contributed by atoms with Crippen molar-refractivity contribution in [2.75, 3.05) is 19.5 Å². The number of aromatic nitrogens is 2. The average molecular weight is 451 g/mol. The number of ether oxygens (including phenoxy) is 2. The van der Waals surface area contributed by atoms with Crippen LogP contribution in [0.4, 0.5) is 5.13 Å². The molecule has 1 aromatic carbocycles. The van der Waals surface area contributed by atoms with Crippen LogP contribution in [0.5, 0.6) is 11.5 Å². The summed E-state index contributed by atoms with van der Waals surface area (Å²) in [7, 11) is 3.18. The van der Waals surface area contributed by atoms with Crippen LogP contribution in [0, 0.1) is 25.2 Å². The molecule has 0 aliphatic carbocycles. The minimum Gasteiger partial charge on any atom is -0.497 e. The number of benzene rings is 1. The van der Waals surface area contributed by atoms with E-state index in [4.69, 9.17) is 9.47 Å². The maximum absolute atomic E-state index is 12.8. The van der Waals surface area contributed by atoms with Crippen LogP contribution in [0.2, 0.25) is 0 Å². The van der Waals surface area contributed by atoms with Gasteiger partial charge in [-0.1, -0.05) is 6.92 Å². The zero-order valence-electron chi connectivity index (χ0n) is 18.9. The molecule has 0 fully saturated rings. The van der Waals surface area contributed by atoms with Gasteiger partial charge in [0, 0.05) is 28.9 Å². The third-order valence-electron chi connectivity index (χ3n) is 5.13. The van der Waals surface area contributed by atoms with E-state index in [-0.39, 0.29) is 5.57 Å². The van der Waals surface area contributed by atoms with E-state index in [1.54, 1.807) is 32.4 Å².